The number of hydrogen-bond acceptors (Lipinski definition) is 4. The lowest BCUT2D eigenvalue weighted by Crippen LogP contribution is -2.47. The molecule has 3 rings (SSSR count). The Kier molecular flexibility index (Phi) is 3.73. The average molecular weight is 309 g/mol. The highest BCUT2D eigenvalue weighted by atomic mass is 19.4. The summed E-state index contributed by atoms with van der Waals surface area (Å²) in [5, 5.41) is 12.3. The van der Waals surface area contributed by atoms with E-state index in [4.69, 9.17) is 0 Å². The van der Waals surface area contributed by atoms with Gasteiger partial charge in [0.15, 0.2) is 0 Å². The number of pyridine rings is 1. The Hall–Kier alpha value is -1.81. The Labute approximate surface area is 126 Å². The molecular formula is C15H16F3N4. The monoisotopic (exact) mass is 309 g/mol. The summed E-state index contributed by atoms with van der Waals surface area (Å²) in [6.07, 6.45) is -0.961. The molecule has 0 aliphatic carbocycles. The van der Waals surface area contributed by atoms with Crippen LogP contribution in [-0.2, 0) is 6.18 Å². The van der Waals surface area contributed by atoms with Crippen molar-refractivity contribution in [3.63, 3.8) is 0 Å². The lowest BCUT2D eigenvalue weighted by molar-refractivity contribution is -0.137. The largest absolute Gasteiger partial charge is 0.417 e. The smallest absolute Gasteiger partial charge is 0.353 e. The van der Waals surface area contributed by atoms with Crippen molar-refractivity contribution in [3.05, 3.63) is 29.3 Å². The summed E-state index contributed by atoms with van der Waals surface area (Å²) < 4.78 is 40.0. The van der Waals surface area contributed by atoms with Gasteiger partial charge in [0.05, 0.1) is 17.3 Å². The van der Waals surface area contributed by atoms with E-state index in [2.05, 4.69) is 10.3 Å². The van der Waals surface area contributed by atoms with Gasteiger partial charge in [0.2, 0.25) is 0 Å². The van der Waals surface area contributed by atoms with Crippen LogP contribution in [-0.4, -0.2) is 24.1 Å². The van der Waals surface area contributed by atoms with Crippen LogP contribution < -0.4 is 10.2 Å². The highest BCUT2D eigenvalue weighted by Crippen LogP contribution is 2.39. The van der Waals surface area contributed by atoms with Gasteiger partial charge in [0.1, 0.15) is 17.5 Å². The van der Waals surface area contributed by atoms with E-state index >= 15 is 0 Å². The fourth-order valence-electron chi connectivity index (χ4n) is 2.88. The summed E-state index contributed by atoms with van der Waals surface area (Å²) in [5.74, 6) is 0.160. The van der Waals surface area contributed by atoms with Gasteiger partial charge in [-0.2, -0.15) is 18.4 Å². The van der Waals surface area contributed by atoms with Crippen LogP contribution in [0.2, 0.25) is 0 Å². The zero-order valence-corrected chi connectivity index (χ0v) is 12.1. The number of rotatable bonds is 2. The molecule has 0 aromatic carbocycles. The van der Waals surface area contributed by atoms with Crippen molar-refractivity contribution >= 4 is 5.82 Å². The van der Waals surface area contributed by atoms with Crippen LogP contribution in [0.4, 0.5) is 19.0 Å². The number of aromatic nitrogens is 1. The number of nitrogens with zero attached hydrogens (tertiary/aromatic N) is 3. The summed E-state index contributed by atoms with van der Waals surface area (Å²) in [5.41, 5.74) is -0.935. The normalized spacial score (nSPS) is 25.0. The molecule has 22 heavy (non-hydrogen) atoms. The highest BCUT2D eigenvalue weighted by Gasteiger charge is 2.39. The molecule has 1 aromatic rings. The predicted octanol–water partition coefficient (Wildman–Crippen LogP) is 2.81. The molecule has 1 radical (unpaired) electrons. The molecule has 117 valence electrons. The number of anilines is 1. The fourth-order valence-corrected chi connectivity index (χ4v) is 2.88. The third-order valence-corrected chi connectivity index (χ3v) is 4.26. The van der Waals surface area contributed by atoms with Crippen molar-refractivity contribution in [3.8, 4) is 6.07 Å². The zero-order chi connectivity index (χ0) is 15.9. The molecule has 2 aliphatic heterocycles. The third-order valence-electron chi connectivity index (χ3n) is 4.26. The predicted molar refractivity (Wildman–Crippen MR) is 75.0 cm³/mol. The number of hydrogen-bond donors (Lipinski definition) is 1. The maximum Gasteiger partial charge on any atom is 0.417 e. The standard InChI is InChI=1S/C15H16F3N4/c1-9-4-6-22(9)14-10(8-19)11(15(16,17)18)7-13(21-14)12-3-2-5-20-12/h3,7,9,12,20H,2,4-6H2,1H3/t9-,12?/m0/s1. The molecule has 4 nitrogen and oxygen atoms in total. The van der Waals surface area contributed by atoms with Crippen LogP contribution in [0.5, 0.6) is 0 Å². The fraction of sp³-hybridized carbons (Fsp3) is 0.533. The van der Waals surface area contributed by atoms with E-state index in [-0.39, 0.29) is 23.5 Å². The summed E-state index contributed by atoms with van der Waals surface area (Å²) in [4.78, 5) is 6.15. The van der Waals surface area contributed by atoms with E-state index in [1.807, 2.05) is 13.3 Å². The van der Waals surface area contributed by atoms with E-state index in [1.165, 1.54) is 0 Å². The second kappa shape index (κ2) is 5.43. The van der Waals surface area contributed by atoms with E-state index in [0.29, 0.717) is 12.2 Å². The number of nitriles is 1. The first-order valence-corrected chi connectivity index (χ1v) is 7.27. The van der Waals surface area contributed by atoms with Crippen LogP contribution in [0, 0.1) is 17.8 Å². The van der Waals surface area contributed by atoms with Gasteiger partial charge in [-0.1, -0.05) is 0 Å². The van der Waals surface area contributed by atoms with Crippen LogP contribution in [0.25, 0.3) is 0 Å². The van der Waals surface area contributed by atoms with Crippen molar-refractivity contribution in [2.45, 2.75) is 38.0 Å². The molecule has 1 N–H and O–H groups in total. The molecule has 7 heteroatoms. The topological polar surface area (TPSA) is 52.0 Å². The van der Waals surface area contributed by atoms with Crippen LogP contribution in [0.15, 0.2) is 6.07 Å². The second-order valence-corrected chi connectivity index (χ2v) is 5.69. The SMILES string of the molecule is C[C@H]1CCN1c1nc(C2[CH]CCN2)cc(C(F)(F)F)c1C#N. The minimum atomic E-state index is -4.57. The van der Waals surface area contributed by atoms with E-state index < -0.39 is 11.7 Å². The Morgan fingerprint density at radius 1 is 1.45 bits per heavy atom. The van der Waals surface area contributed by atoms with Crippen LogP contribution in [0.1, 0.15) is 42.6 Å². The van der Waals surface area contributed by atoms with Crippen molar-refractivity contribution in [2.75, 3.05) is 18.0 Å². The molecule has 0 spiro atoms. The number of halogens is 3. The molecule has 1 unspecified atom stereocenters. The van der Waals surface area contributed by atoms with Crippen molar-refractivity contribution in [2.24, 2.45) is 0 Å². The van der Waals surface area contributed by atoms with Gasteiger partial charge in [-0.25, -0.2) is 4.98 Å². The molecule has 2 aliphatic rings. The molecular weight excluding hydrogens is 293 g/mol. The Bertz CT molecular complexity index is 614. The quantitative estimate of drug-likeness (QED) is 0.913. The van der Waals surface area contributed by atoms with E-state index in [9.17, 15) is 18.4 Å². The summed E-state index contributed by atoms with van der Waals surface area (Å²) in [6, 6.07) is 2.53. The van der Waals surface area contributed by atoms with Gasteiger partial charge in [-0.3, -0.25) is 0 Å². The molecule has 0 amide bonds. The molecule has 2 atom stereocenters. The van der Waals surface area contributed by atoms with Crippen molar-refractivity contribution < 1.29 is 13.2 Å². The summed E-state index contributed by atoms with van der Waals surface area (Å²) >= 11 is 0. The molecule has 3 heterocycles. The van der Waals surface area contributed by atoms with Crippen molar-refractivity contribution in [1.82, 2.24) is 10.3 Å². The Morgan fingerprint density at radius 2 is 2.23 bits per heavy atom. The summed E-state index contributed by atoms with van der Waals surface area (Å²) in [7, 11) is 0. The van der Waals surface area contributed by atoms with Crippen molar-refractivity contribution in [1.29, 1.82) is 5.26 Å². The van der Waals surface area contributed by atoms with Gasteiger partial charge < -0.3 is 10.2 Å². The first-order valence-electron chi connectivity index (χ1n) is 7.27. The Balaban J connectivity index is 2.13. The van der Waals surface area contributed by atoms with Crippen LogP contribution >= 0.6 is 0 Å². The van der Waals surface area contributed by atoms with E-state index in [0.717, 1.165) is 25.5 Å². The first kappa shape index (κ1) is 15.1. The second-order valence-electron chi connectivity index (χ2n) is 5.69. The van der Waals surface area contributed by atoms with Gasteiger partial charge in [-0.15, -0.1) is 0 Å². The highest BCUT2D eigenvalue weighted by molar-refractivity contribution is 5.61. The number of alkyl halides is 3. The van der Waals surface area contributed by atoms with Gasteiger partial charge in [0.25, 0.3) is 0 Å². The molecule has 0 bridgehead atoms. The lowest BCUT2D eigenvalue weighted by atomic mass is 10.00. The minimum absolute atomic E-state index is 0.108. The first-order chi connectivity index (χ1) is 10.4. The maximum atomic E-state index is 13.3. The third kappa shape index (κ3) is 2.52. The molecule has 2 saturated heterocycles. The average Bonchev–Trinajstić information content (AvgIpc) is 2.98. The molecule has 1 aromatic heterocycles. The lowest BCUT2D eigenvalue weighted by Gasteiger charge is -2.40. The summed E-state index contributed by atoms with van der Waals surface area (Å²) in [6.45, 7) is 3.28. The van der Waals surface area contributed by atoms with Gasteiger partial charge in [-0.05, 0) is 38.8 Å². The van der Waals surface area contributed by atoms with Crippen LogP contribution in [0.3, 0.4) is 0 Å². The molecule has 2 fully saturated rings. The number of nitrogens with one attached hydrogen (secondary N) is 1. The zero-order valence-electron chi connectivity index (χ0n) is 12.1. The minimum Gasteiger partial charge on any atom is -0.353 e. The Morgan fingerprint density at radius 3 is 2.68 bits per heavy atom. The van der Waals surface area contributed by atoms with Gasteiger partial charge in [0, 0.05) is 12.6 Å². The molecule has 0 saturated carbocycles. The van der Waals surface area contributed by atoms with Gasteiger partial charge >= 0.3 is 6.18 Å². The maximum absolute atomic E-state index is 13.3. The van der Waals surface area contributed by atoms with E-state index in [1.54, 1.807) is 11.0 Å².